The predicted octanol–water partition coefficient (Wildman–Crippen LogP) is 19.8. The minimum Gasteiger partial charge on any atom is -0.497 e. The van der Waals surface area contributed by atoms with Gasteiger partial charge in [0.2, 0.25) is 0 Å². The molecule has 1 N–H and O–H groups in total. The largest absolute Gasteiger partial charge is 0.497 e. The fourth-order valence-electron chi connectivity index (χ4n) is 8.87. The highest BCUT2D eigenvalue weighted by atomic mass is 79.9. The molecule has 480 valence electrons. The Labute approximate surface area is 545 Å². The molecule has 12 rings (SSSR count). The van der Waals surface area contributed by atoms with Gasteiger partial charge in [-0.25, -0.2) is 24.7 Å². The Morgan fingerprint density at radius 2 is 1.22 bits per heavy atom. The summed E-state index contributed by atoms with van der Waals surface area (Å²) in [6.45, 7) is 43.6. The summed E-state index contributed by atoms with van der Waals surface area (Å²) in [6, 6.07) is 20.9. The highest BCUT2D eigenvalue weighted by molar-refractivity contribution is 9.10. The van der Waals surface area contributed by atoms with Crippen LogP contribution in [0.15, 0.2) is 225 Å². The number of aromatic amines is 1. The molecule has 0 saturated heterocycles. The van der Waals surface area contributed by atoms with Gasteiger partial charge in [0.1, 0.15) is 37.6 Å². The molecule has 6 aliphatic rings. The van der Waals surface area contributed by atoms with Crippen LogP contribution >= 0.6 is 15.9 Å². The van der Waals surface area contributed by atoms with Gasteiger partial charge in [-0.05, 0) is 220 Å². The predicted molar refractivity (Wildman–Crippen MR) is 380 cm³/mol. The van der Waals surface area contributed by atoms with Crippen LogP contribution in [-0.4, -0.2) is 63.2 Å². The number of ether oxygens (including phenoxy) is 5. The molecule has 0 amide bonds. The molecule has 2 atom stereocenters. The maximum Gasteiger partial charge on any atom is 0.345 e. The number of amidine groups is 1. The van der Waals surface area contributed by atoms with Crippen LogP contribution in [0.1, 0.15) is 133 Å². The molecule has 13 nitrogen and oxygen atoms in total. The first-order valence-corrected chi connectivity index (χ1v) is 31.3. The Balaban J connectivity index is 0.000000219. The average molecular weight is 1290 g/mol. The second-order valence-electron chi connectivity index (χ2n) is 24.6. The van der Waals surface area contributed by atoms with Gasteiger partial charge < -0.3 is 33.6 Å². The van der Waals surface area contributed by atoms with E-state index in [1.165, 1.54) is 83.6 Å². The second kappa shape index (κ2) is 36.3. The van der Waals surface area contributed by atoms with Crippen molar-refractivity contribution in [2.45, 2.75) is 151 Å². The standard InChI is InChI=1S/C14H24O.C13H12N2.C10H9N.4C7H10O.C6H8N2.C5H5BrN2O/c1-10-11(13(2,3)4)8-15-9-12(10)14(5,6)7;1-9-14-11-7-3-5-10-6-4-8-12(13(10)11)15(9)2;1-8-6-11-7-9-4-2-3-5-10(8)9;2*1-6-3-4-8-5-7(6)2;2*1-6-4-3-5-8-7(6)2;1-5-3-7-4-8-6(5)2;1-3-4(6)2-7-5(9)8-3/h8-10H,1-7H3;3-8H,1-2H3;2-7H,1H3;3,5H,4H2,1-2H3;3-4H,5H2,1-2H3;2*3-5,7H,1-2H3;3-4H,1-2H3;2H,1H3,(H,7,8,9). The maximum atomic E-state index is 10.5. The number of hydrogen-bond donors (Lipinski definition) is 1. The molecular weight excluding hydrogens is 1190 g/mol. The second-order valence-corrected chi connectivity index (χ2v) is 25.5. The van der Waals surface area contributed by atoms with Crippen molar-refractivity contribution in [3.63, 3.8) is 0 Å². The third-order valence-corrected chi connectivity index (χ3v) is 16.3. The minimum atomic E-state index is -0.310. The lowest BCUT2D eigenvalue weighted by Gasteiger charge is -2.36. The number of nitrogens with one attached hydrogen (secondary N) is 1. The van der Waals surface area contributed by atoms with Crippen LogP contribution in [0.25, 0.3) is 21.5 Å². The minimum absolute atomic E-state index is 0.185. The first-order chi connectivity index (χ1) is 42.5. The summed E-state index contributed by atoms with van der Waals surface area (Å²) in [5.41, 5.74) is 17.2. The van der Waals surface area contributed by atoms with Gasteiger partial charge in [-0.2, -0.15) is 0 Å². The molecule has 90 heavy (non-hydrogen) atoms. The Morgan fingerprint density at radius 1 is 0.633 bits per heavy atom. The fourth-order valence-corrected chi connectivity index (χ4v) is 9.07. The molecule has 0 spiro atoms. The topological polar surface area (TPSA) is 146 Å². The highest BCUT2D eigenvalue weighted by Gasteiger charge is 2.33. The van der Waals surface area contributed by atoms with E-state index in [2.05, 4.69) is 221 Å². The summed E-state index contributed by atoms with van der Waals surface area (Å²) in [5, 5.41) is 5.02. The Bertz CT molecular complexity index is 3640. The molecule has 3 aromatic heterocycles. The summed E-state index contributed by atoms with van der Waals surface area (Å²) < 4.78 is 26.6. The number of rotatable bonds is 0. The summed E-state index contributed by atoms with van der Waals surface area (Å²) >= 11 is 3.20. The highest BCUT2D eigenvalue weighted by Crippen LogP contribution is 2.43. The first kappa shape index (κ1) is 74.1. The summed E-state index contributed by atoms with van der Waals surface area (Å²) in [7, 11) is 2.06. The van der Waals surface area contributed by atoms with Gasteiger partial charge in [0.25, 0.3) is 0 Å². The van der Waals surface area contributed by atoms with Crippen molar-refractivity contribution < 1.29 is 23.7 Å². The normalized spacial score (nSPS) is 16.7. The van der Waals surface area contributed by atoms with E-state index in [-0.39, 0.29) is 28.7 Å². The van der Waals surface area contributed by atoms with Crippen LogP contribution in [0.5, 0.6) is 0 Å². The van der Waals surface area contributed by atoms with Crippen LogP contribution in [-0.2, 0) is 23.7 Å². The van der Waals surface area contributed by atoms with E-state index in [4.69, 9.17) is 23.7 Å². The number of H-pyrrole nitrogens is 1. The molecule has 6 aliphatic heterocycles. The number of halogens is 1. The summed E-state index contributed by atoms with van der Waals surface area (Å²) in [4.78, 5) is 35.1. The molecule has 3 aromatic carbocycles. The lowest BCUT2D eigenvalue weighted by molar-refractivity contribution is 0.189. The number of pyridine rings is 1. The smallest absolute Gasteiger partial charge is 0.345 e. The van der Waals surface area contributed by atoms with E-state index in [0.29, 0.717) is 5.92 Å². The third-order valence-electron chi connectivity index (χ3n) is 15.5. The fraction of sp³-hybridized carbons (Fsp3) is 0.368. The monoisotopic (exact) mass is 1280 g/mol. The van der Waals surface area contributed by atoms with Crippen LogP contribution in [0.3, 0.4) is 0 Å². The van der Waals surface area contributed by atoms with Crippen molar-refractivity contribution in [2.75, 3.05) is 25.2 Å². The molecule has 6 aromatic rings. The van der Waals surface area contributed by atoms with Gasteiger partial charge in [0.05, 0.1) is 53.4 Å². The molecule has 9 heterocycles. The molecular formula is C76H98BrN7O6. The van der Waals surface area contributed by atoms with Crippen LogP contribution in [0.2, 0.25) is 0 Å². The first-order valence-electron chi connectivity index (χ1n) is 30.5. The van der Waals surface area contributed by atoms with Crippen LogP contribution < -0.4 is 10.6 Å². The van der Waals surface area contributed by atoms with Crippen LogP contribution in [0.4, 0.5) is 11.4 Å². The zero-order valence-electron chi connectivity index (χ0n) is 57.2. The number of anilines is 1. The number of benzene rings is 3. The lowest BCUT2D eigenvalue weighted by atomic mass is 9.70. The maximum absolute atomic E-state index is 10.5. The SMILES string of the molecule is CC1=C(C)COC=C1.CC1=CC=COC1C.CC1=CC=COC1C.CC1=CCOC=C1C.CC1=Nc2cccc3cccc(c23)N1C.CC1C(C(C)(C)C)=COC=C1C(C)(C)C.Cc1[nH]c(=O)ncc1Br.Cc1cncc2ccccc12.Cc1cncnc1C. The molecule has 14 heteroatoms. The van der Waals surface area contributed by atoms with Crippen molar-refractivity contribution in [3.8, 4) is 0 Å². The number of aryl methyl sites for hydroxylation is 4. The van der Waals surface area contributed by atoms with Crippen LogP contribution in [0, 0.1) is 44.4 Å². The molecule has 2 unspecified atom stereocenters. The number of fused-ring (bicyclic) bond motifs is 1. The van der Waals surface area contributed by atoms with Crippen molar-refractivity contribution >= 4 is 54.7 Å². The number of aliphatic imine (C=N–C) groups is 1. The lowest BCUT2D eigenvalue weighted by Crippen LogP contribution is -2.26. The number of nitrogens with zero attached hydrogens (tertiary/aromatic N) is 6. The van der Waals surface area contributed by atoms with E-state index >= 15 is 0 Å². The quantitative estimate of drug-likeness (QED) is 0.155. The van der Waals surface area contributed by atoms with Gasteiger partial charge in [-0.1, -0.05) is 109 Å². The van der Waals surface area contributed by atoms with E-state index in [9.17, 15) is 4.79 Å². The molecule has 0 aliphatic carbocycles. The summed E-state index contributed by atoms with van der Waals surface area (Å²) in [5.74, 6) is 1.53. The Morgan fingerprint density at radius 3 is 1.68 bits per heavy atom. The van der Waals surface area contributed by atoms with Gasteiger partial charge in [-0.3, -0.25) is 4.98 Å². The van der Waals surface area contributed by atoms with E-state index in [1.54, 1.807) is 38.3 Å². The third kappa shape index (κ3) is 24.2. The van der Waals surface area contributed by atoms with Crippen molar-refractivity contribution in [2.24, 2.45) is 21.7 Å². The average Bonchev–Trinajstić information content (AvgIpc) is 1.07. The van der Waals surface area contributed by atoms with E-state index in [0.717, 1.165) is 46.2 Å². The zero-order chi connectivity index (χ0) is 66.7. The zero-order valence-corrected chi connectivity index (χ0v) is 58.8. The molecule has 0 bridgehead atoms. The van der Waals surface area contributed by atoms with Crippen molar-refractivity contribution in [1.29, 1.82) is 0 Å². The van der Waals surface area contributed by atoms with Gasteiger partial charge in [0.15, 0.2) is 0 Å². The molecule has 0 saturated carbocycles. The summed E-state index contributed by atoms with van der Waals surface area (Å²) in [6.07, 6.45) is 32.0. The van der Waals surface area contributed by atoms with Crippen molar-refractivity contribution in [3.05, 3.63) is 248 Å². The molecule has 0 fully saturated rings. The van der Waals surface area contributed by atoms with Gasteiger partial charge >= 0.3 is 5.69 Å². The Kier molecular flexibility index (Phi) is 29.9. The number of aromatic nitrogens is 5. The van der Waals surface area contributed by atoms with Crippen molar-refractivity contribution in [1.82, 2.24) is 24.9 Å². The number of allylic oxidation sites excluding steroid dienone is 10. The van der Waals surface area contributed by atoms with Gasteiger partial charge in [-0.15, -0.1) is 0 Å². The Hall–Kier alpha value is -8.36. The van der Waals surface area contributed by atoms with E-state index < -0.39 is 0 Å². The van der Waals surface area contributed by atoms with E-state index in [1.807, 2.05) is 97.0 Å². The molecule has 0 radical (unpaired) electrons. The van der Waals surface area contributed by atoms with Gasteiger partial charge in [0, 0.05) is 59.9 Å². The number of hydrogen-bond acceptors (Lipinski definition) is 12.